The third-order valence-corrected chi connectivity index (χ3v) is 12.0. The van der Waals surface area contributed by atoms with Gasteiger partial charge in [0.2, 0.25) is 0 Å². The Labute approximate surface area is 154 Å². The molecule has 1 heterocycles. The molecule has 140 valence electrons. The second-order valence-corrected chi connectivity index (χ2v) is 14.4. The van der Waals surface area contributed by atoms with Crippen LogP contribution in [0.1, 0.15) is 63.4 Å². The quantitative estimate of drug-likeness (QED) is 0.286. The highest BCUT2D eigenvalue weighted by Crippen LogP contribution is 2.46. The van der Waals surface area contributed by atoms with E-state index in [4.69, 9.17) is 11.1 Å². The summed E-state index contributed by atoms with van der Waals surface area (Å²) >= 11 is 6.86. The number of rotatable bonds is 4. The molecule has 2 fully saturated rings. The van der Waals surface area contributed by atoms with Gasteiger partial charge in [-0.25, -0.2) is 13.2 Å². The number of hydrogen-bond acceptors (Lipinski definition) is 0. The van der Waals surface area contributed by atoms with Crippen LogP contribution in [0.2, 0.25) is 18.1 Å². The molecule has 0 amide bonds. The van der Waals surface area contributed by atoms with Crippen LogP contribution in [0.3, 0.4) is 0 Å². The SMILES string of the molecule is CCC[Si]1(Cl)CCC(C2CCC(c3cc(F)c(F)c(F)c3)CC2)CC1. The Kier molecular flexibility index (Phi) is 6.20. The first kappa shape index (κ1) is 19.3. The van der Waals surface area contributed by atoms with Crippen LogP contribution in [0.15, 0.2) is 12.1 Å². The summed E-state index contributed by atoms with van der Waals surface area (Å²) in [5.74, 6) is -1.83. The van der Waals surface area contributed by atoms with E-state index in [1.54, 1.807) is 0 Å². The standard InChI is InChI=1S/C20H28ClF3Si/c1-2-9-25(21)10-7-16(8-11-25)14-3-5-15(6-4-14)17-12-18(22)20(24)19(23)13-17/h12-16H,2-11H2,1H3. The van der Waals surface area contributed by atoms with Crippen LogP contribution in [0.5, 0.6) is 0 Å². The van der Waals surface area contributed by atoms with E-state index in [9.17, 15) is 13.2 Å². The van der Waals surface area contributed by atoms with Crippen molar-refractivity contribution in [1.29, 1.82) is 0 Å². The van der Waals surface area contributed by atoms with Crippen molar-refractivity contribution < 1.29 is 13.2 Å². The minimum atomic E-state index is -1.47. The average molecular weight is 389 g/mol. The smallest absolute Gasteiger partial charge is 0.194 e. The van der Waals surface area contributed by atoms with Crippen LogP contribution in [-0.2, 0) is 0 Å². The summed E-state index contributed by atoms with van der Waals surface area (Å²) in [6.45, 7) is 2.23. The Morgan fingerprint density at radius 2 is 1.44 bits per heavy atom. The molecule has 0 bridgehead atoms. The third-order valence-electron chi connectivity index (χ3n) is 6.54. The molecule has 0 N–H and O–H groups in total. The normalized spacial score (nSPS) is 33.4. The summed E-state index contributed by atoms with van der Waals surface area (Å²) < 4.78 is 40.1. The fourth-order valence-corrected chi connectivity index (χ4v) is 9.71. The van der Waals surface area contributed by atoms with Crippen molar-refractivity contribution in [3.8, 4) is 0 Å². The van der Waals surface area contributed by atoms with E-state index in [-0.39, 0.29) is 5.92 Å². The minimum absolute atomic E-state index is 0.158. The van der Waals surface area contributed by atoms with E-state index in [1.807, 2.05) is 0 Å². The van der Waals surface area contributed by atoms with Crippen molar-refractivity contribution in [2.75, 3.05) is 0 Å². The summed E-state index contributed by atoms with van der Waals surface area (Å²) in [7, 11) is -1.47. The molecule has 1 saturated heterocycles. The molecule has 0 unspecified atom stereocenters. The van der Waals surface area contributed by atoms with Gasteiger partial charge in [0.15, 0.2) is 24.8 Å². The first-order valence-electron chi connectivity index (χ1n) is 9.75. The van der Waals surface area contributed by atoms with E-state index in [2.05, 4.69) is 6.92 Å². The molecular formula is C20H28ClF3Si. The Morgan fingerprint density at radius 3 is 1.96 bits per heavy atom. The Hall–Kier alpha value is -0.483. The maximum Gasteiger partial charge on any atom is 0.194 e. The van der Waals surface area contributed by atoms with Gasteiger partial charge in [0.05, 0.1) is 0 Å². The molecule has 25 heavy (non-hydrogen) atoms. The van der Waals surface area contributed by atoms with Crippen molar-refractivity contribution in [3.05, 3.63) is 35.1 Å². The second kappa shape index (κ2) is 8.04. The summed E-state index contributed by atoms with van der Waals surface area (Å²) in [5, 5.41) is 0. The fourth-order valence-electron chi connectivity index (χ4n) is 5.06. The Bertz CT molecular complexity index is 568. The Morgan fingerprint density at radius 1 is 0.920 bits per heavy atom. The highest BCUT2D eigenvalue weighted by Gasteiger charge is 2.38. The zero-order valence-electron chi connectivity index (χ0n) is 15.0. The van der Waals surface area contributed by atoms with E-state index in [0.29, 0.717) is 5.56 Å². The van der Waals surface area contributed by atoms with Crippen LogP contribution in [0.25, 0.3) is 0 Å². The van der Waals surface area contributed by atoms with Gasteiger partial charge in [-0.3, -0.25) is 0 Å². The molecule has 1 saturated carbocycles. The van der Waals surface area contributed by atoms with Gasteiger partial charge in [0.25, 0.3) is 0 Å². The molecular weight excluding hydrogens is 361 g/mol. The first-order valence-corrected chi connectivity index (χ1v) is 13.4. The first-order chi connectivity index (χ1) is 11.9. The van der Waals surface area contributed by atoms with E-state index < -0.39 is 24.8 Å². The van der Waals surface area contributed by atoms with Gasteiger partial charge >= 0.3 is 0 Å². The molecule has 1 aromatic rings. The van der Waals surface area contributed by atoms with Gasteiger partial charge in [0, 0.05) is 0 Å². The number of benzene rings is 1. The molecule has 0 atom stereocenters. The molecule has 3 rings (SSSR count). The molecule has 2 aliphatic rings. The lowest BCUT2D eigenvalue weighted by atomic mass is 9.72. The van der Waals surface area contributed by atoms with Gasteiger partial charge in [0.1, 0.15) is 0 Å². The fraction of sp³-hybridized carbons (Fsp3) is 0.700. The lowest BCUT2D eigenvalue weighted by Gasteiger charge is -2.40. The molecule has 5 heteroatoms. The van der Waals surface area contributed by atoms with Crippen LogP contribution in [0, 0.1) is 29.3 Å². The topological polar surface area (TPSA) is 0 Å². The molecule has 0 radical (unpaired) electrons. The molecule has 1 aliphatic carbocycles. The van der Waals surface area contributed by atoms with Crippen molar-refractivity contribution in [1.82, 2.24) is 0 Å². The van der Waals surface area contributed by atoms with Gasteiger partial charge < -0.3 is 0 Å². The summed E-state index contributed by atoms with van der Waals surface area (Å²) in [6.07, 6.45) is 7.86. The summed E-state index contributed by atoms with van der Waals surface area (Å²) in [5.41, 5.74) is 0.619. The van der Waals surface area contributed by atoms with E-state index >= 15 is 0 Å². The zero-order chi connectivity index (χ0) is 18.0. The predicted molar refractivity (Wildman–Crippen MR) is 100 cm³/mol. The van der Waals surface area contributed by atoms with Crippen LogP contribution >= 0.6 is 11.1 Å². The maximum absolute atomic E-state index is 13.5. The molecule has 1 aliphatic heterocycles. The van der Waals surface area contributed by atoms with Gasteiger partial charge in [-0.1, -0.05) is 26.2 Å². The molecule has 1 aromatic carbocycles. The zero-order valence-corrected chi connectivity index (χ0v) is 16.7. The number of halogens is 4. The van der Waals surface area contributed by atoms with E-state index in [0.717, 1.165) is 37.5 Å². The lowest BCUT2D eigenvalue weighted by Crippen LogP contribution is -2.35. The van der Waals surface area contributed by atoms with Crippen molar-refractivity contribution in [2.45, 2.75) is 75.9 Å². The molecule has 0 aromatic heterocycles. The van der Waals surface area contributed by atoms with Crippen molar-refractivity contribution in [2.24, 2.45) is 11.8 Å². The summed E-state index contributed by atoms with van der Waals surface area (Å²) in [6, 6.07) is 6.11. The van der Waals surface area contributed by atoms with Crippen LogP contribution in [0.4, 0.5) is 13.2 Å². The Balaban J connectivity index is 1.54. The predicted octanol–water partition coefficient (Wildman–Crippen LogP) is 7.38. The minimum Gasteiger partial charge on any atom is -0.204 e. The lowest BCUT2D eigenvalue weighted by molar-refractivity contribution is 0.215. The van der Waals surface area contributed by atoms with Crippen molar-refractivity contribution >= 4 is 18.5 Å². The highest BCUT2D eigenvalue weighted by molar-refractivity contribution is 7.20. The number of hydrogen-bond donors (Lipinski definition) is 0. The van der Waals surface area contributed by atoms with Crippen LogP contribution in [-0.4, -0.2) is 7.38 Å². The van der Waals surface area contributed by atoms with Gasteiger partial charge in [-0.15, -0.1) is 0 Å². The van der Waals surface area contributed by atoms with E-state index in [1.165, 1.54) is 49.5 Å². The largest absolute Gasteiger partial charge is 0.204 e. The van der Waals surface area contributed by atoms with Gasteiger partial charge in [-0.05, 0) is 79.3 Å². The third kappa shape index (κ3) is 4.44. The average Bonchev–Trinajstić information content (AvgIpc) is 2.60. The van der Waals surface area contributed by atoms with Crippen LogP contribution < -0.4 is 0 Å². The van der Waals surface area contributed by atoms with Gasteiger partial charge in [-0.2, -0.15) is 11.1 Å². The molecule has 0 spiro atoms. The maximum atomic E-state index is 13.5. The highest BCUT2D eigenvalue weighted by atomic mass is 35.6. The monoisotopic (exact) mass is 388 g/mol. The second-order valence-electron chi connectivity index (χ2n) is 8.15. The van der Waals surface area contributed by atoms with Crippen molar-refractivity contribution in [3.63, 3.8) is 0 Å². The summed E-state index contributed by atoms with van der Waals surface area (Å²) in [4.78, 5) is 0. The molecule has 0 nitrogen and oxygen atoms in total.